The summed E-state index contributed by atoms with van der Waals surface area (Å²) in [4.78, 5) is 15.1. The molecule has 0 radical (unpaired) electrons. The molecule has 1 N–H and O–H groups in total. The Kier molecular flexibility index (Phi) is 5.12. The zero-order valence-corrected chi connectivity index (χ0v) is 16.2. The van der Waals surface area contributed by atoms with Crippen LogP contribution in [0.25, 0.3) is 5.57 Å². The molecule has 1 aliphatic carbocycles. The summed E-state index contributed by atoms with van der Waals surface area (Å²) in [6, 6.07) is 12.3. The number of rotatable bonds is 6. The van der Waals surface area contributed by atoms with Crippen molar-refractivity contribution in [3.63, 3.8) is 0 Å². The monoisotopic (exact) mass is 364 g/mol. The fraction of sp³-hybridized carbons (Fsp3) is 0.455. The van der Waals surface area contributed by atoms with Crippen molar-refractivity contribution >= 4 is 11.5 Å². The number of carbonyl (C=O) groups excluding carboxylic acids is 1. The third-order valence-corrected chi connectivity index (χ3v) is 5.54. The topological polar surface area (TPSA) is 50.2 Å². The van der Waals surface area contributed by atoms with E-state index in [9.17, 15) is 4.79 Å². The molecule has 1 aromatic heterocycles. The summed E-state index contributed by atoms with van der Waals surface area (Å²) in [6.45, 7) is 8.96. The van der Waals surface area contributed by atoms with E-state index in [1.807, 2.05) is 25.1 Å². The third-order valence-electron chi connectivity index (χ3n) is 5.54. The Morgan fingerprint density at radius 1 is 1.26 bits per heavy atom. The molecule has 27 heavy (non-hydrogen) atoms. The number of fused-ring (bicyclic) bond motifs is 1. The highest BCUT2D eigenvalue weighted by Gasteiger charge is 2.39. The molecule has 0 bridgehead atoms. The van der Waals surface area contributed by atoms with E-state index in [2.05, 4.69) is 40.0 Å². The van der Waals surface area contributed by atoms with Gasteiger partial charge in [0.25, 0.3) is 0 Å². The van der Waals surface area contributed by atoms with Crippen LogP contribution in [-0.2, 0) is 24.4 Å². The van der Waals surface area contributed by atoms with Crippen LogP contribution < -0.4 is 5.32 Å². The number of aromatic nitrogens is 2. The van der Waals surface area contributed by atoms with Gasteiger partial charge in [0.2, 0.25) is 5.91 Å². The molecule has 1 aliphatic heterocycles. The molecule has 2 aromatic rings. The summed E-state index contributed by atoms with van der Waals surface area (Å²) in [7, 11) is 0. The fourth-order valence-electron chi connectivity index (χ4n) is 4.13. The third kappa shape index (κ3) is 3.83. The average Bonchev–Trinajstić information content (AvgIpc) is 3.27. The summed E-state index contributed by atoms with van der Waals surface area (Å²) < 4.78 is 2.12. The molecule has 5 nitrogen and oxygen atoms in total. The number of hydrogen-bond donors (Lipinski definition) is 1. The summed E-state index contributed by atoms with van der Waals surface area (Å²) in [5.74, 6) is 0.00930. The molecule has 0 unspecified atom stereocenters. The summed E-state index contributed by atoms with van der Waals surface area (Å²) in [5.41, 5.74) is 5.71. The molecular formula is C22H28N4O. The van der Waals surface area contributed by atoms with Crippen molar-refractivity contribution in [2.45, 2.75) is 46.3 Å². The lowest BCUT2D eigenvalue weighted by molar-refractivity contribution is -0.121. The SMILES string of the molecule is CCCN1CCCn2nc(CNC(=O)[C@H]3C(C)=C3c3ccccc3)cc2C1. The van der Waals surface area contributed by atoms with Crippen LogP contribution in [0.2, 0.25) is 0 Å². The molecule has 142 valence electrons. The van der Waals surface area contributed by atoms with Gasteiger partial charge in [-0.15, -0.1) is 0 Å². The Morgan fingerprint density at radius 3 is 2.85 bits per heavy atom. The van der Waals surface area contributed by atoms with E-state index in [0.717, 1.165) is 43.9 Å². The van der Waals surface area contributed by atoms with E-state index in [4.69, 9.17) is 5.10 Å². The second kappa shape index (κ2) is 7.69. The molecular weight excluding hydrogens is 336 g/mol. The lowest BCUT2D eigenvalue weighted by Crippen LogP contribution is -2.26. The first-order chi connectivity index (χ1) is 13.2. The first kappa shape index (κ1) is 18.0. The second-order valence-electron chi connectivity index (χ2n) is 7.59. The number of nitrogens with one attached hydrogen (secondary N) is 1. The normalized spacial score (nSPS) is 19.6. The highest BCUT2D eigenvalue weighted by Crippen LogP contribution is 2.46. The van der Waals surface area contributed by atoms with Gasteiger partial charge in [-0.25, -0.2) is 0 Å². The summed E-state index contributed by atoms with van der Waals surface area (Å²) >= 11 is 0. The highest BCUT2D eigenvalue weighted by atomic mass is 16.2. The molecule has 4 rings (SSSR count). The zero-order valence-electron chi connectivity index (χ0n) is 16.2. The standard InChI is InChI=1S/C22H28N4O/c1-3-10-25-11-7-12-26-19(15-25)13-18(24-26)14-23-22(27)21-16(2)20(21)17-8-5-4-6-9-17/h4-6,8-9,13,21H,3,7,10-12,14-15H2,1-2H3,(H,23,27)/t21-/m0/s1. The molecule has 0 saturated heterocycles. The molecule has 1 aromatic carbocycles. The van der Waals surface area contributed by atoms with E-state index < -0.39 is 0 Å². The Labute approximate surface area is 161 Å². The zero-order chi connectivity index (χ0) is 18.8. The van der Waals surface area contributed by atoms with E-state index in [1.165, 1.54) is 23.3 Å². The van der Waals surface area contributed by atoms with Gasteiger partial charge >= 0.3 is 0 Å². The molecule has 2 aliphatic rings. The van der Waals surface area contributed by atoms with Crippen LogP contribution in [-0.4, -0.2) is 33.7 Å². The van der Waals surface area contributed by atoms with Gasteiger partial charge in [-0.3, -0.25) is 14.4 Å². The van der Waals surface area contributed by atoms with E-state index in [-0.39, 0.29) is 11.8 Å². The van der Waals surface area contributed by atoms with Crippen molar-refractivity contribution in [1.82, 2.24) is 20.0 Å². The predicted octanol–water partition coefficient (Wildman–Crippen LogP) is 3.22. The number of carbonyl (C=O) groups is 1. The van der Waals surface area contributed by atoms with Gasteiger partial charge < -0.3 is 5.32 Å². The maximum absolute atomic E-state index is 12.6. The quantitative estimate of drug-likeness (QED) is 0.856. The van der Waals surface area contributed by atoms with Crippen LogP contribution in [0.1, 0.15) is 43.6 Å². The van der Waals surface area contributed by atoms with E-state index >= 15 is 0 Å². The van der Waals surface area contributed by atoms with Crippen LogP contribution in [0, 0.1) is 5.92 Å². The predicted molar refractivity (Wildman–Crippen MR) is 107 cm³/mol. The van der Waals surface area contributed by atoms with Gasteiger partial charge in [-0.2, -0.15) is 5.10 Å². The maximum Gasteiger partial charge on any atom is 0.232 e. The smallest absolute Gasteiger partial charge is 0.232 e. The Balaban J connectivity index is 1.35. The minimum Gasteiger partial charge on any atom is -0.350 e. The Morgan fingerprint density at radius 2 is 2.07 bits per heavy atom. The van der Waals surface area contributed by atoms with Crippen molar-refractivity contribution in [3.8, 4) is 0 Å². The van der Waals surface area contributed by atoms with Gasteiger partial charge in [-0.1, -0.05) is 42.8 Å². The molecule has 0 saturated carbocycles. The van der Waals surface area contributed by atoms with Gasteiger partial charge in [-0.05, 0) is 43.5 Å². The summed E-state index contributed by atoms with van der Waals surface area (Å²) in [6.07, 6.45) is 2.31. The average molecular weight is 364 g/mol. The van der Waals surface area contributed by atoms with Crippen LogP contribution in [0.4, 0.5) is 0 Å². The number of benzene rings is 1. The Bertz CT molecular complexity index is 852. The van der Waals surface area contributed by atoms with Crippen LogP contribution in [0.3, 0.4) is 0 Å². The van der Waals surface area contributed by atoms with Gasteiger partial charge in [0, 0.05) is 19.6 Å². The number of aryl methyl sites for hydroxylation is 1. The van der Waals surface area contributed by atoms with Crippen molar-refractivity contribution in [2.24, 2.45) is 5.92 Å². The number of nitrogens with zero attached hydrogens (tertiary/aromatic N) is 3. The fourth-order valence-corrected chi connectivity index (χ4v) is 4.13. The van der Waals surface area contributed by atoms with Gasteiger partial charge in [0.1, 0.15) is 0 Å². The van der Waals surface area contributed by atoms with E-state index in [1.54, 1.807) is 0 Å². The largest absolute Gasteiger partial charge is 0.350 e. The molecule has 0 fully saturated rings. The number of amides is 1. The van der Waals surface area contributed by atoms with Crippen molar-refractivity contribution in [3.05, 3.63) is 58.9 Å². The van der Waals surface area contributed by atoms with Crippen molar-refractivity contribution in [2.75, 3.05) is 13.1 Å². The second-order valence-corrected chi connectivity index (χ2v) is 7.59. The summed E-state index contributed by atoms with van der Waals surface area (Å²) in [5, 5.41) is 7.80. The maximum atomic E-state index is 12.6. The lowest BCUT2D eigenvalue weighted by atomic mass is 10.1. The van der Waals surface area contributed by atoms with E-state index in [0.29, 0.717) is 6.54 Å². The molecule has 2 heterocycles. The molecule has 1 atom stereocenters. The Hall–Kier alpha value is -2.40. The first-order valence-corrected chi connectivity index (χ1v) is 9.99. The van der Waals surface area contributed by atoms with Crippen molar-refractivity contribution in [1.29, 1.82) is 0 Å². The first-order valence-electron chi connectivity index (χ1n) is 9.99. The molecule has 0 spiro atoms. The van der Waals surface area contributed by atoms with Crippen LogP contribution in [0.15, 0.2) is 42.0 Å². The van der Waals surface area contributed by atoms with Crippen LogP contribution in [0.5, 0.6) is 0 Å². The van der Waals surface area contributed by atoms with Crippen molar-refractivity contribution < 1.29 is 4.79 Å². The lowest BCUT2D eigenvalue weighted by Gasteiger charge is -2.17. The molecule has 1 amide bonds. The number of hydrogen-bond acceptors (Lipinski definition) is 3. The van der Waals surface area contributed by atoms with Gasteiger partial charge in [0.15, 0.2) is 0 Å². The minimum atomic E-state index is -0.0760. The highest BCUT2D eigenvalue weighted by molar-refractivity contribution is 6.05. The molecule has 5 heteroatoms. The van der Waals surface area contributed by atoms with Crippen LogP contribution >= 0.6 is 0 Å². The van der Waals surface area contributed by atoms with Gasteiger partial charge in [0.05, 0.1) is 23.9 Å². The minimum absolute atomic E-state index is 0.0760.